The molecule has 1 rings (SSSR count). The van der Waals surface area contributed by atoms with E-state index in [0.717, 1.165) is 6.07 Å². The van der Waals surface area contributed by atoms with Gasteiger partial charge in [-0.05, 0) is 25.0 Å². The predicted octanol–water partition coefficient (Wildman–Crippen LogP) is 2.22. The van der Waals surface area contributed by atoms with Gasteiger partial charge >= 0.3 is 11.7 Å². The summed E-state index contributed by atoms with van der Waals surface area (Å²) in [5.74, 6) is -1.31. The third-order valence-corrected chi connectivity index (χ3v) is 3.22. The van der Waals surface area contributed by atoms with E-state index in [0.29, 0.717) is 12.8 Å². The molecule has 1 aromatic carbocycles. The molecule has 0 bridgehead atoms. The Labute approximate surface area is 116 Å². The number of nitrogens with zero attached hydrogens (tertiary/aromatic N) is 1. The molecule has 7 nitrogen and oxygen atoms in total. The normalized spacial score (nSPS) is 11.2. The second kappa shape index (κ2) is 6.33. The number of ether oxygens (including phenoxy) is 1. The summed E-state index contributed by atoms with van der Waals surface area (Å²) in [5, 5.41) is 29.8. The zero-order valence-electron chi connectivity index (χ0n) is 11.3. The number of rotatable bonds is 7. The number of carboxylic acids is 1. The minimum absolute atomic E-state index is 0.0553. The smallest absolute Gasteiger partial charge is 0.335 e. The summed E-state index contributed by atoms with van der Waals surface area (Å²) in [5.41, 5.74) is -1.68. The summed E-state index contributed by atoms with van der Waals surface area (Å²) in [6.07, 6.45) is 0.898. The van der Waals surface area contributed by atoms with Crippen molar-refractivity contribution in [3.8, 4) is 5.75 Å². The van der Waals surface area contributed by atoms with E-state index in [1.165, 1.54) is 12.1 Å². The van der Waals surface area contributed by atoms with Crippen LogP contribution in [0.15, 0.2) is 18.2 Å². The first-order valence-corrected chi connectivity index (χ1v) is 6.20. The molecule has 0 amide bonds. The van der Waals surface area contributed by atoms with E-state index in [1.54, 1.807) is 13.8 Å². The van der Waals surface area contributed by atoms with Gasteiger partial charge in [0.1, 0.15) is 6.61 Å². The molecule has 0 aromatic heterocycles. The highest BCUT2D eigenvalue weighted by molar-refractivity contribution is 5.88. The van der Waals surface area contributed by atoms with Crippen LogP contribution in [0.3, 0.4) is 0 Å². The minimum atomic E-state index is -1.25. The van der Waals surface area contributed by atoms with Crippen LogP contribution >= 0.6 is 0 Å². The standard InChI is InChI=1S/C13H17NO6/c1-3-13(17,4-2)8-20-11-6-5-9(12(15)16)7-10(11)14(18)19/h5-7,17H,3-4,8H2,1-2H3,(H,15,16). The minimum Gasteiger partial charge on any atom is -0.484 e. The van der Waals surface area contributed by atoms with Crippen molar-refractivity contribution in [2.24, 2.45) is 0 Å². The van der Waals surface area contributed by atoms with Crippen LogP contribution in [0.5, 0.6) is 5.75 Å². The fourth-order valence-electron chi connectivity index (χ4n) is 1.58. The monoisotopic (exact) mass is 283 g/mol. The first-order chi connectivity index (χ1) is 9.33. The summed E-state index contributed by atoms with van der Waals surface area (Å²) in [6.45, 7) is 3.48. The molecule has 0 saturated heterocycles. The van der Waals surface area contributed by atoms with Gasteiger partial charge in [0, 0.05) is 6.07 Å². The number of hydrogen-bond acceptors (Lipinski definition) is 5. The molecule has 2 N–H and O–H groups in total. The van der Waals surface area contributed by atoms with Gasteiger partial charge < -0.3 is 14.9 Å². The molecule has 0 saturated carbocycles. The molecular formula is C13H17NO6. The van der Waals surface area contributed by atoms with E-state index >= 15 is 0 Å². The van der Waals surface area contributed by atoms with Crippen molar-refractivity contribution >= 4 is 11.7 Å². The van der Waals surface area contributed by atoms with Crippen LogP contribution in [0.2, 0.25) is 0 Å². The highest BCUT2D eigenvalue weighted by Crippen LogP contribution is 2.29. The van der Waals surface area contributed by atoms with E-state index in [1.807, 2.05) is 0 Å². The van der Waals surface area contributed by atoms with Crippen molar-refractivity contribution in [2.45, 2.75) is 32.3 Å². The fourth-order valence-corrected chi connectivity index (χ4v) is 1.58. The highest BCUT2D eigenvalue weighted by Gasteiger charge is 2.25. The lowest BCUT2D eigenvalue weighted by Crippen LogP contribution is -2.34. The van der Waals surface area contributed by atoms with E-state index in [9.17, 15) is 20.0 Å². The van der Waals surface area contributed by atoms with Gasteiger partial charge in [0.2, 0.25) is 0 Å². The van der Waals surface area contributed by atoms with Crippen LogP contribution in [-0.4, -0.2) is 33.3 Å². The van der Waals surface area contributed by atoms with Crippen LogP contribution < -0.4 is 4.74 Å². The summed E-state index contributed by atoms with van der Waals surface area (Å²) >= 11 is 0. The lowest BCUT2D eigenvalue weighted by molar-refractivity contribution is -0.386. The molecule has 7 heteroatoms. The van der Waals surface area contributed by atoms with Gasteiger partial charge in [0.25, 0.3) is 0 Å². The molecule has 1 aromatic rings. The van der Waals surface area contributed by atoms with Crippen LogP contribution in [0, 0.1) is 10.1 Å². The molecule has 0 aliphatic rings. The van der Waals surface area contributed by atoms with Crippen LogP contribution in [0.4, 0.5) is 5.69 Å². The Bertz CT molecular complexity index is 510. The van der Waals surface area contributed by atoms with Crippen molar-refractivity contribution in [2.75, 3.05) is 6.61 Å². The third kappa shape index (κ3) is 3.67. The van der Waals surface area contributed by atoms with E-state index < -0.39 is 22.2 Å². The SMILES string of the molecule is CCC(O)(CC)COc1ccc(C(=O)O)cc1[N+](=O)[O-]. The highest BCUT2D eigenvalue weighted by atomic mass is 16.6. The maximum atomic E-state index is 10.9. The molecule has 0 fully saturated rings. The van der Waals surface area contributed by atoms with Crippen molar-refractivity contribution in [1.29, 1.82) is 0 Å². The molecule has 110 valence electrons. The number of aromatic carboxylic acids is 1. The van der Waals surface area contributed by atoms with Crippen LogP contribution in [0.25, 0.3) is 0 Å². The van der Waals surface area contributed by atoms with Gasteiger partial charge in [-0.3, -0.25) is 10.1 Å². The van der Waals surface area contributed by atoms with Gasteiger partial charge in [-0.1, -0.05) is 13.8 Å². The number of nitro benzene ring substituents is 1. The Balaban J connectivity index is 3.01. The molecule has 0 aliphatic carbocycles. The number of nitro groups is 1. The van der Waals surface area contributed by atoms with Crippen molar-refractivity contribution < 1.29 is 24.7 Å². The molecule has 0 unspecified atom stereocenters. The summed E-state index contributed by atoms with van der Waals surface area (Å²) < 4.78 is 5.30. The molecule has 0 atom stereocenters. The quantitative estimate of drug-likeness (QED) is 0.586. The van der Waals surface area contributed by atoms with E-state index in [-0.39, 0.29) is 17.9 Å². The van der Waals surface area contributed by atoms with E-state index in [2.05, 4.69) is 0 Å². The van der Waals surface area contributed by atoms with Crippen molar-refractivity contribution in [1.82, 2.24) is 0 Å². The number of aliphatic hydroxyl groups is 1. The van der Waals surface area contributed by atoms with Gasteiger partial charge in [-0.25, -0.2) is 4.79 Å². The van der Waals surface area contributed by atoms with Gasteiger partial charge in [-0.15, -0.1) is 0 Å². The van der Waals surface area contributed by atoms with Crippen LogP contribution in [0.1, 0.15) is 37.0 Å². The number of carboxylic acid groups (broad SMARTS) is 1. The Kier molecular flexibility index (Phi) is 5.04. The largest absolute Gasteiger partial charge is 0.484 e. The van der Waals surface area contributed by atoms with Gasteiger partial charge in [-0.2, -0.15) is 0 Å². The topological polar surface area (TPSA) is 110 Å². The zero-order valence-corrected chi connectivity index (χ0v) is 11.3. The van der Waals surface area contributed by atoms with Crippen LogP contribution in [-0.2, 0) is 0 Å². The second-order valence-electron chi connectivity index (χ2n) is 4.46. The molecule has 0 aliphatic heterocycles. The summed E-state index contributed by atoms with van der Waals surface area (Å²) in [7, 11) is 0. The first kappa shape index (κ1) is 15.9. The zero-order chi connectivity index (χ0) is 15.3. The van der Waals surface area contributed by atoms with Crippen molar-refractivity contribution in [3.63, 3.8) is 0 Å². The first-order valence-electron chi connectivity index (χ1n) is 6.20. The summed E-state index contributed by atoms with van der Waals surface area (Å²) in [4.78, 5) is 21.0. The molecular weight excluding hydrogens is 266 g/mol. The predicted molar refractivity (Wildman–Crippen MR) is 71.1 cm³/mol. The number of carbonyl (C=O) groups is 1. The van der Waals surface area contributed by atoms with E-state index in [4.69, 9.17) is 9.84 Å². The third-order valence-electron chi connectivity index (χ3n) is 3.22. The lowest BCUT2D eigenvalue weighted by atomic mass is 9.99. The molecule has 0 spiro atoms. The Morgan fingerprint density at radius 1 is 1.40 bits per heavy atom. The summed E-state index contributed by atoms with van der Waals surface area (Å²) in [6, 6.07) is 3.39. The average Bonchev–Trinajstić information content (AvgIpc) is 2.44. The average molecular weight is 283 g/mol. The molecule has 0 heterocycles. The Morgan fingerprint density at radius 3 is 2.45 bits per heavy atom. The Morgan fingerprint density at radius 2 is 2.00 bits per heavy atom. The van der Waals surface area contributed by atoms with Crippen molar-refractivity contribution in [3.05, 3.63) is 33.9 Å². The maximum absolute atomic E-state index is 10.9. The number of hydrogen-bond donors (Lipinski definition) is 2. The maximum Gasteiger partial charge on any atom is 0.335 e. The molecule has 20 heavy (non-hydrogen) atoms. The van der Waals surface area contributed by atoms with Gasteiger partial charge in [0.05, 0.1) is 16.1 Å². The molecule has 0 radical (unpaired) electrons. The van der Waals surface area contributed by atoms with Gasteiger partial charge in [0.15, 0.2) is 5.75 Å². The fraction of sp³-hybridized carbons (Fsp3) is 0.462. The lowest BCUT2D eigenvalue weighted by Gasteiger charge is -2.24. The second-order valence-corrected chi connectivity index (χ2v) is 4.46. The number of benzene rings is 1. The Hall–Kier alpha value is -2.15.